The Morgan fingerprint density at radius 3 is 2.62 bits per heavy atom. The summed E-state index contributed by atoms with van der Waals surface area (Å²) in [6.45, 7) is 2.11. The smallest absolute Gasteiger partial charge is 0.302 e. The van der Waals surface area contributed by atoms with E-state index < -0.39 is 11.9 Å². The van der Waals surface area contributed by atoms with Crippen LogP contribution in [0.1, 0.15) is 13.3 Å². The van der Waals surface area contributed by atoms with Crippen LogP contribution < -0.4 is 11.1 Å². The van der Waals surface area contributed by atoms with Crippen molar-refractivity contribution in [3.63, 3.8) is 0 Å². The van der Waals surface area contributed by atoms with Gasteiger partial charge in [-0.25, -0.2) is 0 Å². The van der Waals surface area contributed by atoms with E-state index in [1.807, 2.05) is 0 Å². The molecule has 0 aromatic rings. The van der Waals surface area contributed by atoms with Crippen molar-refractivity contribution in [3.05, 3.63) is 4.91 Å². The van der Waals surface area contributed by atoms with Gasteiger partial charge in [0.05, 0.1) is 12.6 Å². The molecule has 0 heterocycles. The van der Waals surface area contributed by atoms with Crippen molar-refractivity contribution in [1.82, 2.24) is 5.32 Å². The minimum absolute atomic E-state index is 0.00779. The summed E-state index contributed by atoms with van der Waals surface area (Å²) in [5, 5.41) is 4.96. The van der Waals surface area contributed by atoms with Crippen LogP contribution in [0, 0.1) is 4.91 Å². The molecule has 1 amide bonds. The number of carbonyl (C=O) groups is 2. The molecule has 0 bridgehead atoms. The molecule has 0 radical (unpaired) electrons. The van der Waals surface area contributed by atoms with Crippen molar-refractivity contribution in [1.29, 1.82) is 0 Å². The molecule has 0 fully saturated rings. The lowest BCUT2D eigenvalue weighted by Crippen LogP contribution is -2.33. The van der Waals surface area contributed by atoms with Gasteiger partial charge in [-0.05, 0) is 19.9 Å². The molecule has 0 saturated heterocycles. The van der Waals surface area contributed by atoms with Crippen molar-refractivity contribution in [2.75, 3.05) is 13.1 Å². The average molecular weight is 187 g/mol. The summed E-state index contributed by atoms with van der Waals surface area (Å²) in [5.74, 6) is -0.849. The first-order valence-corrected chi connectivity index (χ1v) is 3.91. The Balaban J connectivity index is 3.47. The predicted molar refractivity (Wildman–Crippen MR) is 46.9 cm³/mol. The molecule has 0 aliphatic rings. The monoisotopic (exact) mass is 187 g/mol. The topological polar surface area (TPSA) is 102 Å². The van der Waals surface area contributed by atoms with Gasteiger partial charge in [-0.3, -0.25) is 9.59 Å². The van der Waals surface area contributed by atoms with Crippen LogP contribution in [0.3, 0.4) is 0 Å². The summed E-state index contributed by atoms with van der Waals surface area (Å²) in [7, 11) is 0. The highest BCUT2D eigenvalue weighted by Crippen LogP contribution is 1.89. The fourth-order valence-electron chi connectivity index (χ4n) is 0.713. The molecule has 74 valence electrons. The lowest BCUT2D eigenvalue weighted by molar-refractivity contribution is -0.119. The van der Waals surface area contributed by atoms with Gasteiger partial charge in [0.1, 0.15) is 5.78 Å². The predicted octanol–water partition coefficient (Wildman–Crippen LogP) is -0.825. The van der Waals surface area contributed by atoms with E-state index >= 15 is 0 Å². The normalized spacial score (nSPS) is 12.2. The van der Waals surface area contributed by atoms with Gasteiger partial charge < -0.3 is 11.1 Å². The van der Waals surface area contributed by atoms with Crippen LogP contribution >= 0.6 is 0 Å². The standard InChI is InChI=1S/C7H13N3O3/c1-5(11)4-9-3-2-6(8)7(12)10-13/h6,9H,2-4,8H2,1H3. The maximum absolute atomic E-state index is 10.5. The highest BCUT2D eigenvalue weighted by atomic mass is 16.3. The number of hydrogen-bond donors (Lipinski definition) is 2. The molecule has 0 spiro atoms. The maximum atomic E-state index is 10.5. The number of nitrogens with one attached hydrogen (secondary N) is 1. The SMILES string of the molecule is CC(=O)CNCCC(N)C(=O)N=O. The highest BCUT2D eigenvalue weighted by Gasteiger charge is 2.12. The molecule has 6 heteroatoms. The molecule has 13 heavy (non-hydrogen) atoms. The van der Waals surface area contributed by atoms with Crippen LogP contribution in [-0.2, 0) is 9.59 Å². The van der Waals surface area contributed by atoms with Crippen molar-refractivity contribution < 1.29 is 9.59 Å². The summed E-state index contributed by atoms with van der Waals surface area (Å²) in [6, 6.07) is -0.864. The zero-order valence-electron chi connectivity index (χ0n) is 7.45. The number of ketones is 1. The molecular weight excluding hydrogens is 174 g/mol. The minimum atomic E-state index is -0.864. The third-order valence-corrected chi connectivity index (χ3v) is 1.41. The molecule has 1 unspecified atom stereocenters. The molecule has 0 aliphatic carbocycles. The Kier molecular flexibility index (Phi) is 5.82. The van der Waals surface area contributed by atoms with E-state index in [0.717, 1.165) is 0 Å². The van der Waals surface area contributed by atoms with Gasteiger partial charge in [-0.1, -0.05) is 0 Å². The first-order chi connectivity index (χ1) is 6.07. The molecular formula is C7H13N3O3. The van der Waals surface area contributed by atoms with Gasteiger partial charge in [-0.2, -0.15) is 0 Å². The Hall–Kier alpha value is -1.14. The van der Waals surface area contributed by atoms with Crippen molar-refractivity contribution in [3.8, 4) is 0 Å². The highest BCUT2D eigenvalue weighted by molar-refractivity contribution is 5.82. The second-order valence-corrected chi connectivity index (χ2v) is 2.70. The second-order valence-electron chi connectivity index (χ2n) is 2.70. The first-order valence-electron chi connectivity index (χ1n) is 3.91. The van der Waals surface area contributed by atoms with E-state index in [1.165, 1.54) is 6.92 Å². The number of rotatable bonds is 6. The average Bonchev–Trinajstić information content (AvgIpc) is 2.10. The van der Waals surface area contributed by atoms with E-state index in [9.17, 15) is 14.5 Å². The van der Waals surface area contributed by atoms with Crippen molar-refractivity contribution in [2.24, 2.45) is 10.9 Å². The molecule has 0 aromatic carbocycles. The number of carbonyl (C=O) groups excluding carboxylic acids is 2. The third kappa shape index (κ3) is 6.06. The summed E-state index contributed by atoms with van der Waals surface area (Å²) < 4.78 is 0. The number of Topliss-reactive ketones (excluding diaryl/α,β-unsaturated/α-hetero) is 1. The fraction of sp³-hybridized carbons (Fsp3) is 0.714. The summed E-state index contributed by atoms with van der Waals surface area (Å²) in [5.41, 5.74) is 5.28. The van der Waals surface area contributed by atoms with Gasteiger partial charge in [0.25, 0.3) is 0 Å². The van der Waals surface area contributed by atoms with E-state index in [4.69, 9.17) is 5.73 Å². The number of hydrogen-bond acceptors (Lipinski definition) is 5. The molecule has 0 aliphatic heterocycles. The van der Waals surface area contributed by atoms with Gasteiger partial charge in [0, 0.05) is 5.18 Å². The molecule has 6 nitrogen and oxygen atoms in total. The van der Waals surface area contributed by atoms with Crippen LogP contribution in [0.4, 0.5) is 0 Å². The van der Waals surface area contributed by atoms with Gasteiger partial charge in [0.2, 0.25) is 0 Å². The summed E-state index contributed by atoms with van der Waals surface area (Å²) in [6.07, 6.45) is 0.303. The zero-order valence-corrected chi connectivity index (χ0v) is 7.45. The van der Waals surface area contributed by atoms with Crippen molar-refractivity contribution in [2.45, 2.75) is 19.4 Å². The number of nitrogens with two attached hydrogens (primary N) is 1. The van der Waals surface area contributed by atoms with Crippen LogP contribution in [0.25, 0.3) is 0 Å². The summed E-state index contributed by atoms with van der Waals surface area (Å²) in [4.78, 5) is 30.7. The molecule has 3 N–H and O–H groups in total. The van der Waals surface area contributed by atoms with Gasteiger partial charge in [0.15, 0.2) is 0 Å². The van der Waals surface area contributed by atoms with Crippen LogP contribution in [0.2, 0.25) is 0 Å². The van der Waals surface area contributed by atoms with Crippen LogP contribution in [0.5, 0.6) is 0 Å². The lowest BCUT2D eigenvalue weighted by atomic mass is 10.2. The Morgan fingerprint density at radius 2 is 2.15 bits per heavy atom. The number of nitrogens with zero attached hydrogens (tertiary/aromatic N) is 1. The van der Waals surface area contributed by atoms with E-state index in [1.54, 1.807) is 0 Å². The Morgan fingerprint density at radius 1 is 1.54 bits per heavy atom. The quantitative estimate of drug-likeness (QED) is 0.417. The van der Waals surface area contributed by atoms with E-state index in [2.05, 4.69) is 10.5 Å². The third-order valence-electron chi connectivity index (χ3n) is 1.41. The van der Waals surface area contributed by atoms with Crippen LogP contribution in [0.15, 0.2) is 5.18 Å². The molecule has 1 atom stereocenters. The van der Waals surface area contributed by atoms with E-state index in [0.29, 0.717) is 13.0 Å². The molecule has 0 rings (SSSR count). The van der Waals surface area contributed by atoms with Gasteiger partial charge >= 0.3 is 5.91 Å². The van der Waals surface area contributed by atoms with Crippen LogP contribution in [-0.4, -0.2) is 30.8 Å². The van der Waals surface area contributed by atoms with Gasteiger partial charge in [-0.15, -0.1) is 4.91 Å². The minimum Gasteiger partial charge on any atom is -0.320 e. The number of amides is 1. The fourth-order valence-corrected chi connectivity index (χ4v) is 0.713. The molecule has 0 saturated carbocycles. The van der Waals surface area contributed by atoms with E-state index in [-0.39, 0.29) is 12.3 Å². The zero-order chi connectivity index (χ0) is 10.3. The molecule has 0 aromatic heterocycles. The lowest BCUT2D eigenvalue weighted by Gasteiger charge is -2.05. The first kappa shape index (κ1) is 11.9. The largest absolute Gasteiger partial charge is 0.320 e. The maximum Gasteiger partial charge on any atom is 0.302 e. The van der Waals surface area contributed by atoms with Crippen molar-refractivity contribution >= 4 is 11.7 Å². The second kappa shape index (κ2) is 6.38. The summed E-state index contributed by atoms with van der Waals surface area (Å²) >= 11 is 0. The Labute approximate surface area is 75.8 Å². The Bertz CT molecular complexity index is 205. The number of nitroso groups, excluding NO2 is 1.